The summed E-state index contributed by atoms with van der Waals surface area (Å²) >= 11 is 0. The summed E-state index contributed by atoms with van der Waals surface area (Å²) < 4.78 is 17.6. The molecule has 0 saturated heterocycles. The Morgan fingerprint density at radius 2 is 2.30 bits per heavy atom. The third-order valence-electron chi connectivity index (χ3n) is 1.72. The molecule has 10 heavy (non-hydrogen) atoms. The molecule has 3 heteroatoms. The van der Waals surface area contributed by atoms with Gasteiger partial charge in [0.1, 0.15) is 5.67 Å². The molecule has 1 fully saturated rings. The van der Waals surface area contributed by atoms with Crippen LogP contribution in [0.1, 0.15) is 12.8 Å². The summed E-state index contributed by atoms with van der Waals surface area (Å²) in [6.45, 7) is 1.91. The fourth-order valence-electron chi connectivity index (χ4n) is 0.799. The molecule has 0 heterocycles. The lowest BCUT2D eigenvalue weighted by molar-refractivity contribution is 0.193. The van der Waals surface area contributed by atoms with Crippen LogP contribution in [0, 0.1) is 0 Å². The van der Waals surface area contributed by atoms with Crippen LogP contribution >= 0.6 is 0 Å². The molecule has 0 aliphatic heterocycles. The van der Waals surface area contributed by atoms with Crippen LogP contribution in [0.3, 0.4) is 0 Å². The third kappa shape index (κ3) is 2.62. The molecule has 0 atom stereocenters. The van der Waals surface area contributed by atoms with Crippen LogP contribution in [-0.2, 0) is 4.74 Å². The van der Waals surface area contributed by atoms with Gasteiger partial charge in [-0.1, -0.05) is 0 Å². The lowest BCUT2D eigenvalue weighted by Crippen LogP contribution is -2.27. The summed E-state index contributed by atoms with van der Waals surface area (Å²) in [5, 5.41) is 2.99. The Labute approximate surface area is 60.8 Å². The van der Waals surface area contributed by atoms with E-state index < -0.39 is 5.67 Å². The summed E-state index contributed by atoms with van der Waals surface area (Å²) in [6.07, 6.45) is 1.46. The van der Waals surface area contributed by atoms with E-state index in [1.807, 2.05) is 0 Å². The standard InChI is InChI=1S/C7H14FNO/c1-10-5-4-9-6-7(8)2-3-7/h9H,2-6H2,1H3. The number of halogens is 1. The molecule has 1 aliphatic carbocycles. The van der Waals surface area contributed by atoms with Crippen molar-refractivity contribution >= 4 is 0 Å². The van der Waals surface area contributed by atoms with E-state index in [1.165, 1.54) is 0 Å². The van der Waals surface area contributed by atoms with Crippen molar-refractivity contribution in [3.05, 3.63) is 0 Å². The Morgan fingerprint density at radius 1 is 1.60 bits per heavy atom. The highest BCUT2D eigenvalue weighted by atomic mass is 19.1. The van der Waals surface area contributed by atoms with E-state index in [9.17, 15) is 4.39 Å². The summed E-state index contributed by atoms with van der Waals surface area (Å²) in [4.78, 5) is 0. The Morgan fingerprint density at radius 3 is 2.80 bits per heavy atom. The molecule has 0 radical (unpaired) electrons. The summed E-state index contributed by atoms with van der Waals surface area (Å²) in [6, 6.07) is 0. The topological polar surface area (TPSA) is 21.3 Å². The second-order valence-electron chi connectivity index (χ2n) is 2.82. The number of alkyl halides is 1. The highest BCUT2D eigenvalue weighted by Crippen LogP contribution is 2.38. The van der Waals surface area contributed by atoms with Gasteiger partial charge in [-0.3, -0.25) is 0 Å². The van der Waals surface area contributed by atoms with Crippen molar-refractivity contribution in [1.82, 2.24) is 5.32 Å². The molecule has 0 spiro atoms. The first-order chi connectivity index (χ1) is 4.77. The number of hydrogen-bond acceptors (Lipinski definition) is 2. The summed E-state index contributed by atoms with van der Waals surface area (Å²) in [7, 11) is 1.64. The molecule has 0 bridgehead atoms. The van der Waals surface area contributed by atoms with Gasteiger partial charge in [-0.2, -0.15) is 0 Å². The quantitative estimate of drug-likeness (QED) is 0.579. The minimum Gasteiger partial charge on any atom is -0.383 e. The van der Waals surface area contributed by atoms with Crippen molar-refractivity contribution in [2.24, 2.45) is 0 Å². The summed E-state index contributed by atoms with van der Waals surface area (Å²) in [5.74, 6) is 0. The fraction of sp³-hybridized carbons (Fsp3) is 1.00. The highest BCUT2D eigenvalue weighted by molar-refractivity contribution is 4.95. The molecule has 1 aliphatic rings. The minimum absolute atomic E-state index is 0.496. The molecule has 0 aromatic carbocycles. The van der Waals surface area contributed by atoms with Gasteiger partial charge in [0.2, 0.25) is 0 Å². The van der Waals surface area contributed by atoms with Crippen LogP contribution in [-0.4, -0.2) is 32.5 Å². The zero-order valence-corrected chi connectivity index (χ0v) is 6.32. The van der Waals surface area contributed by atoms with Gasteiger partial charge < -0.3 is 10.1 Å². The monoisotopic (exact) mass is 147 g/mol. The van der Waals surface area contributed by atoms with Gasteiger partial charge >= 0.3 is 0 Å². The van der Waals surface area contributed by atoms with Crippen LogP contribution in [0.2, 0.25) is 0 Å². The first-order valence-electron chi connectivity index (χ1n) is 3.65. The van der Waals surface area contributed by atoms with Crippen LogP contribution in [0.5, 0.6) is 0 Å². The SMILES string of the molecule is COCCNCC1(F)CC1. The maximum absolute atomic E-state index is 12.8. The minimum atomic E-state index is -0.867. The van der Waals surface area contributed by atoms with Gasteiger partial charge in [0.05, 0.1) is 6.61 Å². The van der Waals surface area contributed by atoms with Gasteiger partial charge in [-0.15, -0.1) is 0 Å². The van der Waals surface area contributed by atoms with Crippen LogP contribution in [0.4, 0.5) is 4.39 Å². The molecule has 2 nitrogen and oxygen atoms in total. The number of rotatable bonds is 5. The average Bonchev–Trinajstić information content (AvgIpc) is 2.62. The fourth-order valence-corrected chi connectivity index (χ4v) is 0.799. The molecule has 1 saturated carbocycles. The van der Waals surface area contributed by atoms with Crippen molar-refractivity contribution < 1.29 is 9.13 Å². The van der Waals surface area contributed by atoms with Gasteiger partial charge in [0, 0.05) is 20.2 Å². The molecule has 1 rings (SSSR count). The first kappa shape index (κ1) is 7.95. The van der Waals surface area contributed by atoms with Crippen molar-refractivity contribution in [2.75, 3.05) is 26.8 Å². The molecule has 0 aromatic rings. The van der Waals surface area contributed by atoms with Gasteiger partial charge in [-0.05, 0) is 12.8 Å². The highest BCUT2D eigenvalue weighted by Gasteiger charge is 2.42. The predicted octanol–water partition coefficient (Wildman–Crippen LogP) is 0.724. The lowest BCUT2D eigenvalue weighted by Gasteiger charge is -2.05. The number of ether oxygens (including phenoxy) is 1. The van der Waals surface area contributed by atoms with Gasteiger partial charge in [0.15, 0.2) is 0 Å². The average molecular weight is 147 g/mol. The van der Waals surface area contributed by atoms with Crippen molar-refractivity contribution in [3.8, 4) is 0 Å². The summed E-state index contributed by atoms with van der Waals surface area (Å²) in [5.41, 5.74) is -0.867. The zero-order valence-electron chi connectivity index (χ0n) is 6.32. The predicted molar refractivity (Wildman–Crippen MR) is 37.8 cm³/mol. The van der Waals surface area contributed by atoms with Crippen LogP contribution < -0.4 is 5.32 Å². The zero-order chi connectivity index (χ0) is 7.45. The van der Waals surface area contributed by atoms with Crippen molar-refractivity contribution in [3.63, 3.8) is 0 Å². The molecule has 0 aromatic heterocycles. The van der Waals surface area contributed by atoms with Gasteiger partial charge in [-0.25, -0.2) is 4.39 Å². The van der Waals surface area contributed by atoms with E-state index in [4.69, 9.17) is 4.74 Å². The second kappa shape index (κ2) is 3.30. The van der Waals surface area contributed by atoms with Crippen LogP contribution in [0.15, 0.2) is 0 Å². The maximum atomic E-state index is 12.8. The van der Waals surface area contributed by atoms with E-state index in [1.54, 1.807) is 7.11 Å². The normalized spacial score (nSPS) is 21.0. The molecule has 0 amide bonds. The lowest BCUT2D eigenvalue weighted by atomic mass is 10.4. The van der Waals surface area contributed by atoms with E-state index in [-0.39, 0.29) is 0 Å². The number of hydrogen-bond donors (Lipinski definition) is 1. The molecular weight excluding hydrogens is 133 g/mol. The molecule has 1 N–H and O–H groups in total. The van der Waals surface area contributed by atoms with E-state index in [2.05, 4.69) is 5.32 Å². The van der Waals surface area contributed by atoms with Crippen molar-refractivity contribution in [2.45, 2.75) is 18.5 Å². The Bertz CT molecular complexity index is 104. The molecular formula is C7H14FNO. The second-order valence-corrected chi connectivity index (χ2v) is 2.82. The Kier molecular flexibility index (Phi) is 2.63. The molecule has 0 unspecified atom stereocenters. The van der Waals surface area contributed by atoms with E-state index in [0.717, 1.165) is 19.4 Å². The number of nitrogens with one attached hydrogen (secondary N) is 1. The van der Waals surface area contributed by atoms with Crippen molar-refractivity contribution in [1.29, 1.82) is 0 Å². The van der Waals surface area contributed by atoms with E-state index in [0.29, 0.717) is 13.2 Å². The van der Waals surface area contributed by atoms with E-state index >= 15 is 0 Å². The molecule has 60 valence electrons. The number of methoxy groups -OCH3 is 1. The Hall–Kier alpha value is -0.150. The smallest absolute Gasteiger partial charge is 0.123 e. The first-order valence-corrected chi connectivity index (χ1v) is 3.65. The largest absolute Gasteiger partial charge is 0.383 e. The third-order valence-corrected chi connectivity index (χ3v) is 1.72. The van der Waals surface area contributed by atoms with Gasteiger partial charge in [0.25, 0.3) is 0 Å². The van der Waals surface area contributed by atoms with Crippen LogP contribution in [0.25, 0.3) is 0 Å². The Balaban J connectivity index is 1.86. The maximum Gasteiger partial charge on any atom is 0.123 e.